The van der Waals surface area contributed by atoms with Crippen molar-refractivity contribution in [2.45, 2.75) is 39.3 Å². The molecule has 0 spiro atoms. The van der Waals surface area contributed by atoms with Crippen LogP contribution in [0.25, 0.3) is 0 Å². The molecule has 1 saturated heterocycles. The van der Waals surface area contributed by atoms with E-state index in [-0.39, 0.29) is 12.3 Å². The summed E-state index contributed by atoms with van der Waals surface area (Å²) in [6, 6.07) is 1.36. The second-order valence-corrected chi connectivity index (χ2v) is 5.57. The summed E-state index contributed by atoms with van der Waals surface area (Å²) >= 11 is 0. The molecule has 0 saturated carbocycles. The van der Waals surface area contributed by atoms with Crippen molar-refractivity contribution in [1.29, 1.82) is 0 Å². The Hall–Kier alpha value is -1.88. The highest BCUT2D eigenvalue weighted by Crippen LogP contribution is 2.20. The van der Waals surface area contributed by atoms with Crippen molar-refractivity contribution in [3.05, 3.63) is 35.7 Å². The first-order valence-electron chi connectivity index (χ1n) is 7.23. The number of aliphatic carboxylic acids is 1. The van der Waals surface area contributed by atoms with Crippen molar-refractivity contribution in [2.24, 2.45) is 0 Å². The Balaban J connectivity index is 2.15. The number of carbonyl (C=O) groups is 2. The summed E-state index contributed by atoms with van der Waals surface area (Å²) in [5, 5.41) is 9.17. The lowest BCUT2D eigenvalue weighted by Crippen LogP contribution is -2.39. The molecule has 21 heavy (non-hydrogen) atoms. The number of likely N-dealkylation sites (tertiary alicyclic amines) is 1. The van der Waals surface area contributed by atoms with Crippen LogP contribution in [0.3, 0.4) is 0 Å². The third-order valence-electron chi connectivity index (χ3n) is 4.18. The molecular formula is C16H22N2O3. The van der Waals surface area contributed by atoms with E-state index in [1.807, 2.05) is 24.5 Å². The Bertz CT molecular complexity index is 574. The van der Waals surface area contributed by atoms with Crippen LogP contribution in [-0.4, -0.2) is 45.5 Å². The van der Waals surface area contributed by atoms with Gasteiger partial charge in [-0.25, -0.2) is 0 Å². The van der Waals surface area contributed by atoms with Gasteiger partial charge in [-0.1, -0.05) is 6.08 Å². The Kier molecular flexibility index (Phi) is 4.63. The van der Waals surface area contributed by atoms with E-state index in [0.29, 0.717) is 25.1 Å². The average molecular weight is 290 g/mol. The van der Waals surface area contributed by atoms with Gasteiger partial charge in [-0.3, -0.25) is 14.5 Å². The van der Waals surface area contributed by atoms with Crippen molar-refractivity contribution in [2.75, 3.05) is 13.1 Å². The highest BCUT2D eigenvalue weighted by Gasteiger charge is 2.32. The minimum absolute atomic E-state index is 0.00781. The quantitative estimate of drug-likeness (QED) is 0.643. The molecule has 5 nitrogen and oxygen atoms in total. The molecule has 2 rings (SSSR count). The normalized spacial score (nSPS) is 18.9. The van der Waals surface area contributed by atoms with Crippen molar-refractivity contribution in [1.82, 2.24) is 9.47 Å². The molecule has 5 heteroatoms. The first kappa shape index (κ1) is 15.5. The molecule has 1 aromatic rings. The number of hydrogen-bond donors (Lipinski definition) is 1. The summed E-state index contributed by atoms with van der Waals surface area (Å²) in [6.07, 6.45) is 3.26. The second-order valence-electron chi connectivity index (χ2n) is 5.57. The topological polar surface area (TPSA) is 62.5 Å². The fourth-order valence-corrected chi connectivity index (χ4v) is 3.06. The summed E-state index contributed by atoms with van der Waals surface area (Å²) in [5.74, 6) is -0.844. The predicted molar refractivity (Wildman–Crippen MR) is 80.7 cm³/mol. The Labute approximate surface area is 124 Å². The number of allylic oxidation sites excluding steroid dienone is 1. The maximum Gasteiger partial charge on any atom is 0.320 e. The zero-order valence-electron chi connectivity index (χ0n) is 12.6. The molecule has 1 atom stereocenters. The van der Waals surface area contributed by atoms with Crippen molar-refractivity contribution < 1.29 is 14.7 Å². The van der Waals surface area contributed by atoms with Crippen LogP contribution in [0.15, 0.2) is 18.7 Å². The number of carboxylic acid groups (broad SMARTS) is 1. The van der Waals surface area contributed by atoms with Crippen molar-refractivity contribution in [3.8, 4) is 0 Å². The van der Waals surface area contributed by atoms with Gasteiger partial charge in [0, 0.05) is 23.5 Å². The van der Waals surface area contributed by atoms with Gasteiger partial charge in [0.25, 0.3) is 0 Å². The largest absolute Gasteiger partial charge is 0.480 e. The number of carbonyl (C=O) groups excluding carboxylic acids is 1. The third kappa shape index (κ3) is 3.08. The van der Waals surface area contributed by atoms with E-state index in [0.717, 1.165) is 17.8 Å². The van der Waals surface area contributed by atoms with Gasteiger partial charge in [-0.05, 0) is 39.3 Å². The zero-order valence-corrected chi connectivity index (χ0v) is 12.6. The molecule has 0 aliphatic carbocycles. The minimum atomic E-state index is -0.836. The Morgan fingerprint density at radius 2 is 2.19 bits per heavy atom. The Morgan fingerprint density at radius 1 is 1.48 bits per heavy atom. The van der Waals surface area contributed by atoms with Crippen molar-refractivity contribution in [3.63, 3.8) is 0 Å². The number of aromatic nitrogens is 1. The molecule has 0 aromatic carbocycles. The van der Waals surface area contributed by atoms with E-state index in [1.54, 1.807) is 11.0 Å². The van der Waals surface area contributed by atoms with Crippen LogP contribution in [0.4, 0.5) is 0 Å². The Morgan fingerprint density at radius 3 is 2.81 bits per heavy atom. The molecule has 0 amide bonds. The first-order valence-corrected chi connectivity index (χ1v) is 7.23. The number of carboxylic acids is 1. The molecule has 1 aliphatic heterocycles. The first-order chi connectivity index (χ1) is 9.95. The van der Waals surface area contributed by atoms with Gasteiger partial charge in [0.05, 0.1) is 6.54 Å². The van der Waals surface area contributed by atoms with E-state index in [2.05, 4.69) is 6.58 Å². The monoisotopic (exact) mass is 290 g/mol. The predicted octanol–water partition coefficient (Wildman–Crippen LogP) is 2.02. The summed E-state index contributed by atoms with van der Waals surface area (Å²) in [6.45, 7) is 9.13. The van der Waals surface area contributed by atoms with Crippen LogP contribution in [0.1, 0.15) is 34.6 Å². The van der Waals surface area contributed by atoms with Gasteiger partial charge in [0.15, 0.2) is 5.78 Å². The van der Waals surface area contributed by atoms with Crippen LogP contribution < -0.4 is 0 Å². The maximum absolute atomic E-state index is 12.5. The zero-order chi connectivity index (χ0) is 15.6. The number of Topliss-reactive ketones (excluding diaryl/α,β-unsaturated/α-hetero) is 1. The van der Waals surface area contributed by atoms with Gasteiger partial charge < -0.3 is 9.67 Å². The van der Waals surface area contributed by atoms with Gasteiger partial charge >= 0.3 is 5.97 Å². The van der Waals surface area contributed by atoms with Crippen molar-refractivity contribution >= 4 is 11.8 Å². The number of hydrogen-bond acceptors (Lipinski definition) is 3. The fraction of sp³-hybridized carbons (Fsp3) is 0.500. The van der Waals surface area contributed by atoms with E-state index >= 15 is 0 Å². The summed E-state index contributed by atoms with van der Waals surface area (Å²) in [4.78, 5) is 25.4. The molecule has 114 valence electrons. The fourth-order valence-electron chi connectivity index (χ4n) is 3.06. The molecule has 1 aromatic heterocycles. The van der Waals surface area contributed by atoms with E-state index < -0.39 is 12.0 Å². The molecule has 1 N–H and O–H groups in total. The van der Waals surface area contributed by atoms with Gasteiger partial charge in [-0.15, -0.1) is 6.58 Å². The summed E-state index contributed by atoms with van der Waals surface area (Å²) < 4.78 is 2.04. The molecule has 0 radical (unpaired) electrons. The molecule has 0 unspecified atom stereocenters. The highest BCUT2D eigenvalue weighted by molar-refractivity contribution is 5.99. The molecule has 2 heterocycles. The van der Waals surface area contributed by atoms with E-state index in [4.69, 9.17) is 0 Å². The molecule has 0 bridgehead atoms. The smallest absolute Gasteiger partial charge is 0.320 e. The van der Waals surface area contributed by atoms with Gasteiger partial charge in [0.2, 0.25) is 0 Å². The lowest BCUT2D eigenvalue weighted by atomic mass is 10.1. The number of rotatable bonds is 6. The van der Waals surface area contributed by atoms with Crippen LogP contribution >= 0.6 is 0 Å². The molecule has 1 aliphatic rings. The van der Waals surface area contributed by atoms with Crippen LogP contribution in [0, 0.1) is 13.8 Å². The SMILES string of the molecule is C=CCn1c(C)cc(C(=O)CN2CCC[C@@H]2C(=O)O)c1C. The van der Waals surface area contributed by atoms with E-state index in [1.165, 1.54) is 0 Å². The molecular weight excluding hydrogens is 268 g/mol. The average Bonchev–Trinajstić information content (AvgIpc) is 2.98. The lowest BCUT2D eigenvalue weighted by Gasteiger charge is -2.19. The minimum Gasteiger partial charge on any atom is -0.480 e. The van der Waals surface area contributed by atoms with Gasteiger partial charge in [0.1, 0.15) is 6.04 Å². The highest BCUT2D eigenvalue weighted by atomic mass is 16.4. The summed E-state index contributed by atoms with van der Waals surface area (Å²) in [7, 11) is 0. The summed E-state index contributed by atoms with van der Waals surface area (Å²) in [5.41, 5.74) is 2.63. The van der Waals surface area contributed by atoms with Crippen LogP contribution in [-0.2, 0) is 11.3 Å². The standard InChI is InChI=1S/C16H22N2O3/c1-4-7-18-11(2)9-13(12(18)3)15(19)10-17-8-5-6-14(17)16(20)21/h4,9,14H,1,5-8,10H2,2-3H3,(H,20,21)/t14-/m1/s1. The number of nitrogens with zero attached hydrogens (tertiary/aromatic N) is 2. The van der Waals surface area contributed by atoms with Crippen LogP contribution in [0.5, 0.6) is 0 Å². The van der Waals surface area contributed by atoms with Gasteiger partial charge in [-0.2, -0.15) is 0 Å². The lowest BCUT2D eigenvalue weighted by molar-refractivity contribution is -0.141. The number of aryl methyl sites for hydroxylation is 1. The molecule has 1 fully saturated rings. The van der Waals surface area contributed by atoms with Crippen LogP contribution in [0.2, 0.25) is 0 Å². The van der Waals surface area contributed by atoms with E-state index in [9.17, 15) is 14.7 Å². The maximum atomic E-state index is 12.5. The third-order valence-corrected chi connectivity index (χ3v) is 4.18. The number of ketones is 1. The second kappa shape index (κ2) is 6.26.